The molecule has 0 radical (unpaired) electrons. The summed E-state index contributed by atoms with van der Waals surface area (Å²) < 4.78 is 55.1. The molecule has 1 aliphatic rings. The number of nitrogens with zero attached hydrogens (tertiary/aromatic N) is 1. The summed E-state index contributed by atoms with van der Waals surface area (Å²) in [6, 6.07) is 11.0. The molecule has 1 aromatic heterocycles. The number of primary amides is 1. The number of para-hydroxylation sites is 1. The van der Waals surface area contributed by atoms with Gasteiger partial charge in [-0.2, -0.15) is 0 Å². The van der Waals surface area contributed by atoms with E-state index in [1.54, 1.807) is 30.3 Å². The second-order valence-electron chi connectivity index (χ2n) is 7.61. The van der Waals surface area contributed by atoms with E-state index in [0.717, 1.165) is 5.69 Å². The summed E-state index contributed by atoms with van der Waals surface area (Å²) >= 11 is 0. The van der Waals surface area contributed by atoms with Crippen molar-refractivity contribution in [3.8, 4) is 11.5 Å². The van der Waals surface area contributed by atoms with Crippen LogP contribution in [0.5, 0.6) is 11.5 Å². The fourth-order valence-electron chi connectivity index (χ4n) is 4.33. The van der Waals surface area contributed by atoms with Crippen LogP contribution in [-0.4, -0.2) is 36.5 Å². The Morgan fingerprint density at radius 2 is 1.85 bits per heavy atom. The maximum absolute atomic E-state index is 12.9. The van der Waals surface area contributed by atoms with Crippen molar-refractivity contribution in [2.24, 2.45) is 5.73 Å². The quantitative estimate of drug-likeness (QED) is 0.541. The number of halogens is 3. The van der Waals surface area contributed by atoms with Gasteiger partial charge in [-0.15, -0.1) is 13.2 Å². The minimum Gasteiger partial charge on any atom is -0.481 e. The first kappa shape index (κ1) is 22.5. The molecule has 1 amide bonds. The van der Waals surface area contributed by atoms with Gasteiger partial charge in [0.15, 0.2) is 6.61 Å². The third kappa shape index (κ3) is 4.46. The number of benzene rings is 2. The van der Waals surface area contributed by atoms with Crippen LogP contribution in [0, 0.1) is 0 Å². The smallest absolute Gasteiger partial charge is 0.481 e. The first-order valence-electron chi connectivity index (χ1n) is 10.2. The van der Waals surface area contributed by atoms with Gasteiger partial charge in [0.05, 0.1) is 25.1 Å². The zero-order valence-corrected chi connectivity index (χ0v) is 17.6. The number of esters is 1. The molecule has 4 rings (SSSR count). The van der Waals surface area contributed by atoms with Gasteiger partial charge in [0.2, 0.25) is 5.91 Å². The molecule has 0 saturated carbocycles. The number of hydrogen-bond acceptors (Lipinski definition) is 5. The summed E-state index contributed by atoms with van der Waals surface area (Å²) in [5, 5.41) is 0.604. The molecule has 0 saturated heterocycles. The molecule has 0 bridgehead atoms. The molecule has 3 aromatic rings. The Morgan fingerprint density at radius 1 is 1.12 bits per heavy atom. The molecular formula is C23H21F3N2O5. The Morgan fingerprint density at radius 3 is 2.55 bits per heavy atom. The highest BCUT2D eigenvalue weighted by Crippen LogP contribution is 2.45. The van der Waals surface area contributed by atoms with E-state index in [1.807, 2.05) is 4.57 Å². The number of fused-ring (bicyclic) bond motifs is 3. The summed E-state index contributed by atoms with van der Waals surface area (Å²) in [5.74, 6) is -1.60. The number of amides is 1. The van der Waals surface area contributed by atoms with Crippen LogP contribution in [0.2, 0.25) is 0 Å². The van der Waals surface area contributed by atoms with Gasteiger partial charge in [0, 0.05) is 16.6 Å². The summed E-state index contributed by atoms with van der Waals surface area (Å²) in [5.41, 5.74) is 8.07. The summed E-state index contributed by atoms with van der Waals surface area (Å²) in [4.78, 5) is 23.8. The molecule has 0 fully saturated rings. The van der Waals surface area contributed by atoms with Crippen LogP contribution in [0.25, 0.3) is 10.9 Å². The number of ether oxygens (including phenoxy) is 3. The molecule has 1 heterocycles. The summed E-state index contributed by atoms with van der Waals surface area (Å²) in [6.07, 6.45) is -3.85. The minimum absolute atomic E-state index is 0.0734. The Balaban J connectivity index is 1.84. The molecule has 2 aromatic carbocycles. The van der Waals surface area contributed by atoms with Crippen LogP contribution in [0.3, 0.4) is 0 Å². The van der Waals surface area contributed by atoms with Gasteiger partial charge in [-0.25, -0.2) is 4.79 Å². The van der Waals surface area contributed by atoms with Crippen LogP contribution in [0.1, 0.15) is 29.2 Å². The average Bonchev–Trinajstić information content (AvgIpc) is 3.32. The minimum atomic E-state index is -4.83. The van der Waals surface area contributed by atoms with Gasteiger partial charge in [-0.3, -0.25) is 4.79 Å². The fraction of sp³-hybridized carbons (Fsp3) is 0.304. The Bertz CT molecular complexity index is 1220. The topological polar surface area (TPSA) is 92.8 Å². The normalized spacial score (nSPS) is 15.3. The first-order chi connectivity index (χ1) is 15.7. The second kappa shape index (κ2) is 8.68. The largest absolute Gasteiger partial charge is 0.573 e. The molecule has 0 aliphatic heterocycles. The zero-order chi connectivity index (χ0) is 23.8. The monoisotopic (exact) mass is 462 g/mol. The number of methoxy groups -OCH3 is 1. The SMILES string of the molecule is COC(=O)COc1cccc2c1c1c(n2Cc2ccccc2OC(F)(F)F)CCC1C(N)=O. The van der Waals surface area contributed by atoms with Gasteiger partial charge in [-0.1, -0.05) is 24.3 Å². The van der Waals surface area contributed by atoms with Crippen molar-refractivity contribution in [2.75, 3.05) is 13.7 Å². The highest BCUT2D eigenvalue weighted by atomic mass is 19.4. The van der Waals surface area contributed by atoms with Crippen molar-refractivity contribution in [3.63, 3.8) is 0 Å². The van der Waals surface area contributed by atoms with E-state index in [0.29, 0.717) is 40.6 Å². The van der Waals surface area contributed by atoms with Crippen LogP contribution >= 0.6 is 0 Å². The van der Waals surface area contributed by atoms with Crippen molar-refractivity contribution in [1.29, 1.82) is 0 Å². The van der Waals surface area contributed by atoms with E-state index in [9.17, 15) is 22.8 Å². The van der Waals surface area contributed by atoms with Gasteiger partial charge in [0.25, 0.3) is 0 Å². The Hall–Kier alpha value is -3.69. The molecule has 10 heteroatoms. The third-order valence-electron chi connectivity index (χ3n) is 5.66. The van der Waals surface area contributed by atoms with Gasteiger partial charge >= 0.3 is 12.3 Å². The van der Waals surface area contributed by atoms with E-state index in [-0.39, 0.29) is 18.9 Å². The molecule has 0 spiro atoms. The van der Waals surface area contributed by atoms with Crippen molar-refractivity contribution >= 4 is 22.8 Å². The van der Waals surface area contributed by atoms with Crippen molar-refractivity contribution in [1.82, 2.24) is 4.57 Å². The second-order valence-corrected chi connectivity index (χ2v) is 7.61. The highest BCUT2D eigenvalue weighted by Gasteiger charge is 2.35. The van der Waals surface area contributed by atoms with E-state index in [1.165, 1.54) is 19.2 Å². The van der Waals surface area contributed by atoms with Gasteiger partial charge in [-0.05, 0) is 36.6 Å². The number of rotatable bonds is 7. The van der Waals surface area contributed by atoms with Crippen LogP contribution < -0.4 is 15.2 Å². The third-order valence-corrected chi connectivity index (χ3v) is 5.66. The first-order valence-corrected chi connectivity index (χ1v) is 10.2. The van der Waals surface area contributed by atoms with Gasteiger partial charge in [0.1, 0.15) is 11.5 Å². The summed E-state index contributed by atoms with van der Waals surface area (Å²) in [6.45, 7) is -0.261. The van der Waals surface area contributed by atoms with Crippen LogP contribution in [0.4, 0.5) is 13.2 Å². The standard InChI is InChI=1S/C23H21F3N2O5/c1-31-19(29)12-32-18-8-4-6-15-21(18)20-14(22(27)30)9-10-16(20)28(15)11-13-5-2-3-7-17(13)33-23(24,25)26/h2-8,14H,9-12H2,1H3,(H2,27,30). The molecule has 174 valence electrons. The average molecular weight is 462 g/mol. The maximum Gasteiger partial charge on any atom is 0.573 e. The number of aromatic nitrogens is 1. The number of hydrogen-bond donors (Lipinski definition) is 1. The van der Waals surface area contributed by atoms with E-state index < -0.39 is 24.2 Å². The molecule has 33 heavy (non-hydrogen) atoms. The lowest BCUT2D eigenvalue weighted by Crippen LogP contribution is -2.19. The van der Waals surface area contributed by atoms with E-state index in [2.05, 4.69) is 9.47 Å². The molecular weight excluding hydrogens is 441 g/mol. The highest BCUT2D eigenvalue weighted by molar-refractivity contribution is 5.97. The van der Waals surface area contributed by atoms with Gasteiger partial charge < -0.3 is 24.5 Å². The fourth-order valence-corrected chi connectivity index (χ4v) is 4.33. The molecule has 1 aliphatic carbocycles. The predicted octanol–water partition coefficient (Wildman–Crippen LogP) is 3.66. The van der Waals surface area contributed by atoms with Crippen molar-refractivity contribution in [2.45, 2.75) is 31.7 Å². The van der Waals surface area contributed by atoms with E-state index >= 15 is 0 Å². The number of alkyl halides is 3. The number of carbonyl (C=O) groups is 2. The lowest BCUT2D eigenvalue weighted by atomic mass is 9.99. The van der Waals surface area contributed by atoms with Crippen LogP contribution in [0.15, 0.2) is 42.5 Å². The predicted molar refractivity (Wildman–Crippen MR) is 112 cm³/mol. The van der Waals surface area contributed by atoms with Crippen LogP contribution in [-0.2, 0) is 27.3 Å². The Labute approximate surface area is 186 Å². The zero-order valence-electron chi connectivity index (χ0n) is 17.6. The Kier molecular flexibility index (Phi) is 5.92. The molecule has 2 N–H and O–H groups in total. The number of carbonyl (C=O) groups excluding carboxylic acids is 2. The van der Waals surface area contributed by atoms with Crippen molar-refractivity contribution < 1.29 is 37.0 Å². The molecule has 1 atom stereocenters. The number of nitrogens with two attached hydrogens (primary N) is 1. The van der Waals surface area contributed by atoms with Crippen molar-refractivity contribution in [3.05, 3.63) is 59.3 Å². The van der Waals surface area contributed by atoms with E-state index in [4.69, 9.17) is 10.5 Å². The lowest BCUT2D eigenvalue weighted by molar-refractivity contribution is -0.274. The maximum atomic E-state index is 12.9. The molecule has 1 unspecified atom stereocenters. The molecule has 7 nitrogen and oxygen atoms in total. The lowest BCUT2D eigenvalue weighted by Gasteiger charge is -2.16. The summed E-state index contributed by atoms with van der Waals surface area (Å²) in [7, 11) is 1.24.